The second kappa shape index (κ2) is 3.77. The average molecular weight is 191 g/mol. The molecule has 68 valence electrons. The number of carboxylic acids is 1. The van der Waals surface area contributed by atoms with Crippen molar-refractivity contribution in [1.82, 2.24) is 5.32 Å². The number of nitrogens with one attached hydrogen (secondary N) is 1. The fraction of sp³-hybridized carbons (Fsp3) is 0.667. The molecular weight excluding hydrogens is 182 g/mol. The molecule has 0 radical (unpaired) electrons. The van der Waals surface area contributed by atoms with E-state index >= 15 is 0 Å². The molecular formula is C6H9NO4S. The normalized spacial score (nSPS) is 28.6. The zero-order valence-corrected chi connectivity index (χ0v) is 7.00. The minimum absolute atomic E-state index is 0.116. The van der Waals surface area contributed by atoms with E-state index in [1.165, 1.54) is 0 Å². The van der Waals surface area contributed by atoms with E-state index < -0.39 is 17.3 Å². The van der Waals surface area contributed by atoms with Gasteiger partial charge in [0.05, 0.1) is 6.04 Å². The van der Waals surface area contributed by atoms with Crippen molar-refractivity contribution in [2.45, 2.75) is 17.7 Å². The first kappa shape index (κ1) is 9.34. The quantitative estimate of drug-likeness (QED) is 0.567. The molecule has 0 aromatic carbocycles. The Kier molecular flexibility index (Phi) is 2.93. The van der Waals surface area contributed by atoms with Gasteiger partial charge in [0, 0.05) is 6.61 Å². The summed E-state index contributed by atoms with van der Waals surface area (Å²) in [4.78, 5) is 21.3. The lowest BCUT2D eigenvalue weighted by atomic mass is 10.1. The van der Waals surface area contributed by atoms with Gasteiger partial charge in [-0.2, -0.15) is 0 Å². The Morgan fingerprint density at radius 2 is 2.33 bits per heavy atom. The van der Waals surface area contributed by atoms with Gasteiger partial charge in [-0.15, -0.1) is 0 Å². The summed E-state index contributed by atoms with van der Waals surface area (Å²) in [7, 11) is 0. The van der Waals surface area contributed by atoms with E-state index in [1.54, 1.807) is 0 Å². The second-order valence-electron chi connectivity index (χ2n) is 2.43. The third-order valence-corrected chi connectivity index (χ3v) is 2.70. The summed E-state index contributed by atoms with van der Waals surface area (Å²) >= 11 is 0.761. The van der Waals surface area contributed by atoms with Gasteiger partial charge in [-0.25, -0.2) is 0 Å². The Bertz CT molecular complexity index is 208. The number of rotatable bonds is 3. The number of carbonyl (C=O) groups excluding carboxylic acids is 1. The minimum Gasteiger partial charge on any atom is -0.480 e. The second-order valence-corrected chi connectivity index (χ2v) is 3.54. The van der Waals surface area contributed by atoms with Crippen molar-refractivity contribution < 1.29 is 19.8 Å². The molecule has 3 N–H and O–H groups in total. The predicted octanol–water partition coefficient (Wildman–Crippen LogP) is -0.353. The number of carbonyl (C=O) groups is 2. The topological polar surface area (TPSA) is 86.6 Å². The molecule has 0 saturated carbocycles. The van der Waals surface area contributed by atoms with Crippen molar-refractivity contribution in [3.8, 4) is 0 Å². The number of thioether (sulfide) groups is 1. The number of aliphatic carboxylic acids is 1. The lowest BCUT2D eigenvalue weighted by Crippen LogP contribution is -2.36. The van der Waals surface area contributed by atoms with Gasteiger partial charge < -0.3 is 15.5 Å². The number of hydrogen-bond donors (Lipinski definition) is 3. The van der Waals surface area contributed by atoms with Crippen molar-refractivity contribution in [2.75, 3.05) is 6.61 Å². The fourth-order valence-electron chi connectivity index (χ4n) is 1.04. The predicted molar refractivity (Wildman–Crippen MR) is 43.0 cm³/mol. The first-order valence-electron chi connectivity index (χ1n) is 3.46. The van der Waals surface area contributed by atoms with Crippen molar-refractivity contribution >= 4 is 23.0 Å². The zero-order chi connectivity index (χ0) is 9.14. The molecule has 6 heteroatoms. The molecule has 0 aromatic rings. The summed E-state index contributed by atoms with van der Waals surface area (Å²) < 4.78 is 0. The summed E-state index contributed by atoms with van der Waals surface area (Å²) in [5, 5.41) is 18.6. The highest BCUT2D eigenvalue weighted by Crippen LogP contribution is 2.24. The third kappa shape index (κ3) is 1.89. The van der Waals surface area contributed by atoms with Crippen LogP contribution in [0.5, 0.6) is 0 Å². The molecule has 1 aliphatic heterocycles. The van der Waals surface area contributed by atoms with E-state index in [1.807, 2.05) is 0 Å². The first-order valence-corrected chi connectivity index (χ1v) is 4.34. The van der Waals surface area contributed by atoms with Crippen LogP contribution in [0, 0.1) is 0 Å². The zero-order valence-electron chi connectivity index (χ0n) is 6.19. The molecule has 1 heterocycles. The molecule has 1 amide bonds. The van der Waals surface area contributed by atoms with Crippen LogP contribution in [0.4, 0.5) is 4.79 Å². The fourth-order valence-corrected chi connectivity index (χ4v) is 1.96. The molecule has 2 atom stereocenters. The van der Waals surface area contributed by atoms with Gasteiger partial charge in [0.25, 0.3) is 5.24 Å². The highest BCUT2D eigenvalue weighted by molar-refractivity contribution is 8.15. The van der Waals surface area contributed by atoms with E-state index in [2.05, 4.69) is 5.32 Å². The number of aliphatic hydroxyl groups excluding tert-OH is 1. The highest BCUT2D eigenvalue weighted by atomic mass is 32.2. The molecule has 2 unspecified atom stereocenters. The van der Waals surface area contributed by atoms with Gasteiger partial charge in [-0.3, -0.25) is 9.59 Å². The third-order valence-electron chi connectivity index (χ3n) is 1.59. The van der Waals surface area contributed by atoms with Crippen LogP contribution in [0.1, 0.15) is 6.42 Å². The molecule has 0 aliphatic carbocycles. The Morgan fingerprint density at radius 3 is 2.83 bits per heavy atom. The summed E-state index contributed by atoms with van der Waals surface area (Å²) in [6.07, 6.45) is 0.287. The minimum atomic E-state index is -1.02. The number of amides is 1. The van der Waals surface area contributed by atoms with Crippen molar-refractivity contribution in [2.24, 2.45) is 0 Å². The van der Waals surface area contributed by atoms with Gasteiger partial charge in [0.1, 0.15) is 5.25 Å². The van der Waals surface area contributed by atoms with Crippen molar-refractivity contribution in [1.29, 1.82) is 0 Å². The summed E-state index contributed by atoms with van der Waals surface area (Å²) in [5.41, 5.74) is 0. The molecule has 1 saturated heterocycles. The standard InChI is InChI=1S/C6H9NO4S/c8-2-1-3-4(5(9)10)12-6(11)7-3/h3-4,8H,1-2H2,(H,7,11)(H,9,10). The maximum absolute atomic E-state index is 10.8. The van der Waals surface area contributed by atoms with Gasteiger partial charge in [-0.1, -0.05) is 0 Å². The maximum Gasteiger partial charge on any atom is 0.319 e. The maximum atomic E-state index is 10.8. The van der Waals surface area contributed by atoms with Crippen LogP contribution >= 0.6 is 11.8 Å². The van der Waals surface area contributed by atoms with Crippen molar-refractivity contribution in [3.05, 3.63) is 0 Å². The van der Waals surface area contributed by atoms with E-state index in [-0.39, 0.29) is 18.3 Å². The molecule has 1 rings (SSSR count). The van der Waals surface area contributed by atoms with Gasteiger partial charge >= 0.3 is 5.97 Å². The van der Waals surface area contributed by atoms with Crippen LogP contribution in [0.25, 0.3) is 0 Å². The number of carboxylic acid groups (broad SMARTS) is 1. The van der Waals surface area contributed by atoms with Gasteiger partial charge in [0.2, 0.25) is 0 Å². The summed E-state index contributed by atoms with van der Waals surface area (Å²) in [5.74, 6) is -1.02. The number of hydrogen-bond acceptors (Lipinski definition) is 4. The van der Waals surface area contributed by atoms with E-state index in [0.29, 0.717) is 0 Å². The van der Waals surface area contributed by atoms with Crippen LogP contribution in [0.15, 0.2) is 0 Å². The molecule has 5 nitrogen and oxygen atoms in total. The Hall–Kier alpha value is -0.750. The smallest absolute Gasteiger partial charge is 0.319 e. The first-order chi connectivity index (χ1) is 5.65. The lowest BCUT2D eigenvalue weighted by Gasteiger charge is -2.11. The number of aliphatic hydroxyl groups is 1. The Balaban J connectivity index is 2.59. The highest BCUT2D eigenvalue weighted by Gasteiger charge is 2.37. The molecule has 0 spiro atoms. The van der Waals surface area contributed by atoms with E-state index in [0.717, 1.165) is 11.8 Å². The van der Waals surface area contributed by atoms with Crippen LogP contribution < -0.4 is 5.32 Å². The van der Waals surface area contributed by atoms with Crippen LogP contribution in [0.3, 0.4) is 0 Å². The Labute approximate surface area is 73.1 Å². The summed E-state index contributed by atoms with van der Waals surface area (Å²) in [6.45, 7) is -0.116. The summed E-state index contributed by atoms with van der Waals surface area (Å²) in [6, 6.07) is -0.440. The van der Waals surface area contributed by atoms with Crippen molar-refractivity contribution in [3.63, 3.8) is 0 Å². The Morgan fingerprint density at radius 1 is 1.67 bits per heavy atom. The van der Waals surface area contributed by atoms with Crippen LogP contribution in [-0.2, 0) is 4.79 Å². The molecule has 1 fully saturated rings. The lowest BCUT2D eigenvalue weighted by molar-refractivity contribution is -0.136. The molecule has 1 aliphatic rings. The monoisotopic (exact) mass is 191 g/mol. The van der Waals surface area contributed by atoms with Gasteiger partial charge in [-0.05, 0) is 18.2 Å². The SMILES string of the molecule is O=C1NC(CCO)C(C(=O)O)S1. The molecule has 0 bridgehead atoms. The average Bonchev–Trinajstić information content (AvgIpc) is 2.32. The molecule has 12 heavy (non-hydrogen) atoms. The largest absolute Gasteiger partial charge is 0.480 e. The van der Waals surface area contributed by atoms with E-state index in [4.69, 9.17) is 10.2 Å². The van der Waals surface area contributed by atoms with Crippen LogP contribution in [0.2, 0.25) is 0 Å². The van der Waals surface area contributed by atoms with Crippen LogP contribution in [-0.4, -0.2) is 39.3 Å². The van der Waals surface area contributed by atoms with E-state index in [9.17, 15) is 9.59 Å². The van der Waals surface area contributed by atoms with Gasteiger partial charge in [0.15, 0.2) is 0 Å². The molecule has 0 aromatic heterocycles.